The molecule has 0 amide bonds. The van der Waals surface area contributed by atoms with Crippen LogP contribution in [0.2, 0.25) is 0 Å². The molecule has 0 aromatic heterocycles. The molecule has 0 aliphatic carbocycles. The van der Waals surface area contributed by atoms with E-state index in [0.29, 0.717) is 0 Å². The standard InChI is InChI=1S/C16H36N.H4O7P2/c1-5-9-13-17(14-10-6-2,15-11-7-3)16-12-8-4;1-8(2,3)7-9(4,5)6/h5-16H2,1-4H3;(H2,1,2,3)(H2,4,5,6)/q+1;/p-1. The first kappa shape index (κ1) is 28.4. The van der Waals surface area contributed by atoms with Crippen LogP contribution in [-0.2, 0) is 13.4 Å². The first-order valence-corrected chi connectivity index (χ1v) is 12.6. The summed E-state index contributed by atoms with van der Waals surface area (Å²) in [6.07, 6.45) is 11.1. The summed E-state index contributed by atoms with van der Waals surface area (Å²) < 4.78 is 23.4. The molecule has 0 radical (unpaired) electrons. The number of phosphoric acid groups is 2. The Morgan fingerprint density at radius 2 is 1.00 bits per heavy atom. The number of rotatable bonds is 14. The minimum Gasteiger partial charge on any atom is -0.756 e. The summed E-state index contributed by atoms with van der Waals surface area (Å²) in [5, 5.41) is 0. The lowest BCUT2D eigenvalue weighted by Crippen LogP contribution is -2.50. The molecule has 0 heterocycles. The third-order valence-electron chi connectivity index (χ3n) is 4.15. The van der Waals surface area contributed by atoms with E-state index >= 15 is 0 Å². The van der Waals surface area contributed by atoms with Gasteiger partial charge in [0.25, 0.3) is 7.82 Å². The maximum absolute atomic E-state index is 9.59. The predicted molar refractivity (Wildman–Crippen MR) is 102 cm³/mol. The highest BCUT2D eigenvalue weighted by Crippen LogP contribution is 2.51. The van der Waals surface area contributed by atoms with Gasteiger partial charge in [0.1, 0.15) is 0 Å². The Labute approximate surface area is 159 Å². The molecule has 0 rings (SSSR count). The first-order chi connectivity index (χ1) is 11.9. The van der Waals surface area contributed by atoms with Gasteiger partial charge in [-0.25, -0.2) is 8.88 Å². The van der Waals surface area contributed by atoms with Crippen LogP contribution >= 0.6 is 15.6 Å². The normalized spacial score (nSPS) is 14.5. The topological polar surface area (TPSA) is 127 Å². The second-order valence-corrected chi connectivity index (χ2v) is 9.26. The van der Waals surface area contributed by atoms with Crippen molar-refractivity contribution in [1.29, 1.82) is 0 Å². The first-order valence-electron chi connectivity index (χ1n) is 9.61. The highest BCUT2D eigenvalue weighted by molar-refractivity contribution is 7.59. The second-order valence-electron chi connectivity index (χ2n) is 6.69. The van der Waals surface area contributed by atoms with E-state index < -0.39 is 15.6 Å². The predicted octanol–water partition coefficient (Wildman–Crippen LogP) is 3.56. The molecule has 0 spiro atoms. The van der Waals surface area contributed by atoms with Gasteiger partial charge in [0, 0.05) is 0 Å². The van der Waals surface area contributed by atoms with Gasteiger partial charge in [0.05, 0.1) is 26.2 Å². The van der Waals surface area contributed by atoms with Gasteiger partial charge in [-0.2, -0.15) is 0 Å². The fourth-order valence-corrected chi connectivity index (χ4v) is 3.85. The Morgan fingerprint density at radius 1 is 0.731 bits per heavy atom. The molecular weight excluding hydrogens is 380 g/mol. The van der Waals surface area contributed by atoms with Crippen molar-refractivity contribution in [2.24, 2.45) is 0 Å². The van der Waals surface area contributed by atoms with E-state index in [1.807, 2.05) is 0 Å². The minimum atomic E-state index is -5.30. The molecule has 0 aliphatic rings. The van der Waals surface area contributed by atoms with Crippen LogP contribution in [0.25, 0.3) is 0 Å². The van der Waals surface area contributed by atoms with Gasteiger partial charge in [-0.1, -0.05) is 53.4 Å². The zero-order valence-corrected chi connectivity index (χ0v) is 18.6. The van der Waals surface area contributed by atoms with Crippen molar-refractivity contribution in [3.05, 3.63) is 0 Å². The lowest BCUT2D eigenvalue weighted by Gasteiger charge is -2.39. The lowest BCUT2D eigenvalue weighted by molar-refractivity contribution is -0.929. The zero-order chi connectivity index (χ0) is 20.7. The van der Waals surface area contributed by atoms with Crippen LogP contribution in [0, 0.1) is 0 Å². The summed E-state index contributed by atoms with van der Waals surface area (Å²) in [5.41, 5.74) is 0. The van der Waals surface area contributed by atoms with E-state index in [1.165, 1.54) is 82.0 Å². The zero-order valence-electron chi connectivity index (χ0n) is 16.8. The molecule has 3 N–H and O–H groups in total. The van der Waals surface area contributed by atoms with Crippen LogP contribution < -0.4 is 4.89 Å². The Balaban J connectivity index is 0. The molecule has 26 heavy (non-hydrogen) atoms. The molecule has 0 saturated carbocycles. The van der Waals surface area contributed by atoms with Crippen molar-refractivity contribution in [2.75, 3.05) is 26.2 Å². The van der Waals surface area contributed by atoms with E-state index in [4.69, 9.17) is 14.7 Å². The van der Waals surface area contributed by atoms with Crippen molar-refractivity contribution in [1.82, 2.24) is 0 Å². The highest BCUT2D eigenvalue weighted by atomic mass is 31.3. The summed E-state index contributed by atoms with van der Waals surface area (Å²) >= 11 is 0. The molecule has 0 bridgehead atoms. The molecule has 8 nitrogen and oxygen atoms in total. The van der Waals surface area contributed by atoms with E-state index in [-0.39, 0.29) is 0 Å². The number of nitrogens with zero attached hydrogens (tertiary/aromatic N) is 1. The van der Waals surface area contributed by atoms with Crippen molar-refractivity contribution in [2.45, 2.75) is 79.1 Å². The molecule has 0 aliphatic heterocycles. The van der Waals surface area contributed by atoms with Crippen LogP contribution in [0.5, 0.6) is 0 Å². The molecule has 0 fully saturated rings. The SMILES string of the molecule is CCCC[N+](CCCC)(CCCC)CCCC.O=P([O-])(O)OP(=O)(O)O. The summed E-state index contributed by atoms with van der Waals surface area (Å²) in [6, 6.07) is 0. The van der Waals surface area contributed by atoms with Gasteiger partial charge < -0.3 is 24.1 Å². The van der Waals surface area contributed by atoms with Crippen LogP contribution in [0.3, 0.4) is 0 Å². The van der Waals surface area contributed by atoms with Gasteiger partial charge in [-0.15, -0.1) is 0 Å². The third-order valence-corrected chi connectivity index (χ3v) is 5.83. The molecular formula is C16H39NO7P2. The Morgan fingerprint density at radius 3 is 1.12 bits per heavy atom. The number of unbranched alkanes of at least 4 members (excludes halogenated alkanes) is 4. The van der Waals surface area contributed by atoms with E-state index in [9.17, 15) is 14.0 Å². The third kappa shape index (κ3) is 19.0. The molecule has 0 aromatic rings. The molecule has 0 aromatic carbocycles. The molecule has 160 valence electrons. The smallest absolute Gasteiger partial charge is 0.476 e. The lowest BCUT2D eigenvalue weighted by atomic mass is 10.1. The maximum atomic E-state index is 9.59. The molecule has 0 saturated heterocycles. The Kier molecular flexibility index (Phi) is 16.6. The van der Waals surface area contributed by atoms with Gasteiger partial charge in [0.2, 0.25) is 0 Å². The van der Waals surface area contributed by atoms with E-state index in [2.05, 4.69) is 32.0 Å². The van der Waals surface area contributed by atoms with Gasteiger partial charge in [-0.3, -0.25) is 4.57 Å². The van der Waals surface area contributed by atoms with Crippen LogP contribution in [0.15, 0.2) is 0 Å². The fraction of sp³-hybridized carbons (Fsp3) is 1.00. The summed E-state index contributed by atoms with van der Waals surface area (Å²) in [5.74, 6) is 0. The fourth-order valence-electron chi connectivity index (χ4n) is 2.78. The molecule has 1 atom stereocenters. The van der Waals surface area contributed by atoms with Crippen LogP contribution in [0.1, 0.15) is 79.1 Å². The number of quaternary nitrogens is 1. The maximum Gasteiger partial charge on any atom is 0.476 e. The van der Waals surface area contributed by atoms with Crippen molar-refractivity contribution < 1.29 is 37.5 Å². The molecule has 1 unspecified atom stereocenters. The largest absolute Gasteiger partial charge is 0.756 e. The second kappa shape index (κ2) is 15.2. The van der Waals surface area contributed by atoms with Crippen LogP contribution in [0.4, 0.5) is 0 Å². The summed E-state index contributed by atoms with van der Waals surface area (Å²) in [4.78, 5) is 32.6. The van der Waals surface area contributed by atoms with Gasteiger partial charge >= 0.3 is 7.82 Å². The quantitative estimate of drug-likeness (QED) is 0.290. The van der Waals surface area contributed by atoms with Gasteiger partial charge in [-0.05, 0) is 25.7 Å². The van der Waals surface area contributed by atoms with E-state index in [0.717, 1.165) is 0 Å². The van der Waals surface area contributed by atoms with Crippen molar-refractivity contribution in [3.8, 4) is 0 Å². The summed E-state index contributed by atoms with van der Waals surface area (Å²) in [7, 11) is -10.4. The Hall–Kier alpha value is 0.220. The minimum absolute atomic E-state index is 1.35. The molecule has 10 heteroatoms. The summed E-state index contributed by atoms with van der Waals surface area (Å²) in [6.45, 7) is 15.0. The van der Waals surface area contributed by atoms with Crippen molar-refractivity contribution >= 4 is 15.6 Å². The Bertz CT molecular complexity index is 365. The highest BCUT2D eigenvalue weighted by Gasteiger charge is 2.24. The number of hydrogen-bond acceptors (Lipinski definition) is 4. The average Bonchev–Trinajstić information content (AvgIpc) is 2.50. The van der Waals surface area contributed by atoms with Crippen LogP contribution in [-0.4, -0.2) is 45.3 Å². The van der Waals surface area contributed by atoms with E-state index in [1.54, 1.807) is 0 Å². The number of hydrogen-bond donors (Lipinski definition) is 3. The van der Waals surface area contributed by atoms with Gasteiger partial charge in [0.15, 0.2) is 0 Å². The monoisotopic (exact) mass is 419 g/mol. The van der Waals surface area contributed by atoms with Crippen molar-refractivity contribution in [3.63, 3.8) is 0 Å². The average molecular weight is 419 g/mol.